The maximum Gasteiger partial charge on any atom is 0.341 e. The number of anilines is 1. The zero-order valence-electron chi connectivity index (χ0n) is 17.8. The van der Waals surface area contributed by atoms with Gasteiger partial charge in [0.05, 0.1) is 17.1 Å². The van der Waals surface area contributed by atoms with Gasteiger partial charge in [-0.25, -0.2) is 14.2 Å². The molecule has 9 nitrogen and oxygen atoms in total. The number of fused-ring (bicyclic) bond motifs is 1. The Balaban J connectivity index is 1.78. The van der Waals surface area contributed by atoms with Crippen LogP contribution >= 0.6 is 0 Å². The predicted molar refractivity (Wildman–Crippen MR) is 115 cm³/mol. The summed E-state index contributed by atoms with van der Waals surface area (Å²) in [5.74, 6) is -1.80. The Labute approximate surface area is 178 Å². The van der Waals surface area contributed by atoms with Gasteiger partial charge in [-0.05, 0) is 39.9 Å². The highest BCUT2D eigenvalue weighted by molar-refractivity contribution is 5.93. The van der Waals surface area contributed by atoms with Gasteiger partial charge in [-0.2, -0.15) is 0 Å². The molecule has 1 aliphatic carbocycles. The Kier molecular flexibility index (Phi) is 5.65. The third kappa shape index (κ3) is 3.99. The molecule has 0 spiro atoms. The fourth-order valence-electron chi connectivity index (χ4n) is 3.97. The van der Waals surface area contributed by atoms with Gasteiger partial charge in [-0.1, -0.05) is 5.16 Å². The van der Waals surface area contributed by atoms with Crippen LogP contribution in [0.3, 0.4) is 0 Å². The Morgan fingerprint density at radius 2 is 2.16 bits per heavy atom. The number of rotatable bonds is 6. The molecule has 0 amide bonds. The number of pyridine rings is 2. The van der Waals surface area contributed by atoms with E-state index >= 15 is 4.39 Å². The molecule has 166 valence electrons. The summed E-state index contributed by atoms with van der Waals surface area (Å²) in [5.41, 5.74) is 0.137. The Bertz CT molecular complexity index is 1110. The Morgan fingerprint density at radius 1 is 1.42 bits per heavy atom. The van der Waals surface area contributed by atoms with Crippen molar-refractivity contribution in [3.05, 3.63) is 33.9 Å². The van der Waals surface area contributed by atoms with E-state index in [4.69, 9.17) is 4.84 Å². The molecular formula is C21H26FN5O4. The zero-order valence-corrected chi connectivity index (χ0v) is 17.8. The second-order valence-electron chi connectivity index (χ2n) is 8.16. The van der Waals surface area contributed by atoms with Gasteiger partial charge in [0, 0.05) is 31.7 Å². The lowest BCUT2D eigenvalue weighted by atomic mass is 10.0. The van der Waals surface area contributed by atoms with Crippen LogP contribution in [0.15, 0.2) is 22.2 Å². The SMILES string of the molecule is CCO/N=C1\CCN(c2nc3c(cc2F)c(=O)c(C(=O)O)cn3C2CC2)CC1N(C)C. The molecule has 2 aromatic rings. The van der Waals surface area contributed by atoms with E-state index in [0.717, 1.165) is 24.6 Å². The van der Waals surface area contributed by atoms with E-state index < -0.39 is 17.2 Å². The van der Waals surface area contributed by atoms with Crippen LogP contribution in [-0.2, 0) is 4.84 Å². The highest BCUT2D eigenvalue weighted by Gasteiger charge is 2.32. The molecule has 1 saturated heterocycles. The summed E-state index contributed by atoms with van der Waals surface area (Å²) in [5, 5.41) is 13.6. The van der Waals surface area contributed by atoms with Gasteiger partial charge in [0.1, 0.15) is 17.8 Å². The van der Waals surface area contributed by atoms with E-state index in [-0.39, 0.29) is 28.9 Å². The number of carboxylic acids is 1. The molecular weight excluding hydrogens is 405 g/mol. The van der Waals surface area contributed by atoms with Crippen LogP contribution in [0, 0.1) is 5.82 Å². The normalized spacial score (nSPS) is 20.6. The fourth-order valence-corrected chi connectivity index (χ4v) is 3.97. The number of halogens is 1. The second-order valence-corrected chi connectivity index (χ2v) is 8.16. The van der Waals surface area contributed by atoms with Crippen molar-refractivity contribution < 1.29 is 19.1 Å². The van der Waals surface area contributed by atoms with Crippen LogP contribution in [0.2, 0.25) is 0 Å². The summed E-state index contributed by atoms with van der Waals surface area (Å²) in [6.07, 6.45) is 3.67. The van der Waals surface area contributed by atoms with Gasteiger partial charge >= 0.3 is 5.97 Å². The molecule has 1 aliphatic heterocycles. The third-order valence-electron chi connectivity index (χ3n) is 5.76. The predicted octanol–water partition coefficient (Wildman–Crippen LogP) is 2.10. The number of piperidine rings is 1. The first kappa shape index (κ1) is 21.2. The molecule has 1 N–H and O–H groups in total. The number of carboxylic acid groups (broad SMARTS) is 1. The van der Waals surface area contributed by atoms with Crippen molar-refractivity contribution in [3.8, 4) is 0 Å². The van der Waals surface area contributed by atoms with Gasteiger partial charge in [-0.3, -0.25) is 9.69 Å². The number of likely N-dealkylation sites (N-methyl/N-ethyl adjacent to an activating group) is 1. The van der Waals surface area contributed by atoms with E-state index in [0.29, 0.717) is 31.8 Å². The monoisotopic (exact) mass is 431 g/mol. The molecule has 2 aliphatic rings. The second kappa shape index (κ2) is 8.26. The van der Waals surface area contributed by atoms with Crippen LogP contribution in [0.1, 0.15) is 42.6 Å². The molecule has 0 radical (unpaired) electrons. The van der Waals surface area contributed by atoms with E-state index in [9.17, 15) is 14.7 Å². The number of oxime groups is 1. The first-order chi connectivity index (χ1) is 14.8. The van der Waals surface area contributed by atoms with Gasteiger partial charge in [-0.15, -0.1) is 0 Å². The molecule has 1 atom stereocenters. The highest BCUT2D eigenvalue weighted by atomic mass is 19.1. The summed E-state index contributed by atoms with van der Waals surface area (Å²) >= 11 is 0. The minimum absolute atomic E-state index is 0.00665. The van der Waals surface area contributed by atoms with Gasteiger partial charge < -0.3 is 19.4 Å². The van der Waals surface area contributed by atoms with Crippen molar-refractivity contribution in [2.24, 2.45) is 5.16 Å². The van der Waals surface area contributed by atoms with Crippen molar-refractivity contribution >= 4 is 28.5 Å². The van der Waals surface area contributed by atoms with Gasteiger partial charge in [0.25, 0.3) is 0 Å². The molecule has 31 heavy (non-hydrogen) atoms. The van der Waals surface area contributed by atoms with Crippen molar-refractivity contribution in [1.82, 2.24) is 14.5 Å². The molecule has 3 heterocycles. The summed E-state index contributed by atoms with van der Waals surface area (Å²) in [6.45, 7) is 3.32. The number of hydrogen-bond acceptors (Lipinski definition) is 7. The van der Waals surface area contributed by atoms with Crippen molar-refractivity contribution in [1.29, 1.82) is 0 Å². The summed E-state index contributed by atoms with van der Waals surface area (Å²) in [6, 6.07) is 1.13. The lowest BCUT2D eigenvalue weighted by molar-refractivity contribution is 0.0695. The lowest BCUT2D eigenvalue weighted by Gasteiger charge is -2.37. The van der Waals surface area contributed by atoms with Crippen LogP contribution in [0.25, 0.3) is 11.0 Å². The first-order valence-electron chi connectivity index (χ1n) is 10.4. The smallest absolute Gasteiger partial charge is 0.341 e. The molecule has 10 heteroatoms. The van der Waals surface area contributed by atoms with E-state index in [1.807, 2.05) is 30.8 Å². The average Bonchev–Trinajstić information content (AvgIpc) is 3.57. The van der Waals surface area contributed by atoms with Crippen LogP contribution in [-0.4, -0.2) is 71.1 Å². The molecule has 1 unspecified atom stereocenters. The summed E-state index contributed by atoms with van der Waals surface area (Å²) < 4.78 is 16.8. The summed E-state index contributed by atoms with van der Waals surface area (Å²) in [4.78, 5) is 37.8. The van der Waals surface area contributed by atoms with E-state index in [2.05, 4.69) is 10.1 Å². The maximum atomic E-state index is 15.1. The lowest BCUT2D eigenvalue weighted by Crippen LogP contribution is -2.51. The molecule has 0 aromatic carbocycles. The van der Waals surface area contributed by atoms with Crippen molar-refractivity contribution in [3.63, 3.8) is 0 Å². The molecule has 4 rings (SSSR count). The Morgan fingerprint density at radius 3 is 2.77 bits per heavy atom. The van der Waals surface area contributed by atoms with Gasteiger partial charge in [0.15, 0.2) is 11.6 Å². The van der Waals surface area contributed by atoms with Crippen molar-refractivity contribution in [2.75, 3.05) is 38.7 Å². The maximum absolute atomic E-state index is 15.1. The molecule has 0 bridgehead atoms. The van der Waals surface area contributed by atoms with E-state index in [1.165, 1.54) is 6.20 Å². The van der Waals surface area contributed by atoms with Crippen LogP contribution < -0.4 is 10.3 Å². The molecule has 1 saturated carbocycles. The quantitative estimate of drug-likeness (QED) is 0.699. The van der Waals surface area contributed by atoms with Crippen molar-refractivity contribution in [2.45, 2.75) is 38.3 Å². The topological polar surface area (TPSA) is 100 Å². The standard InChI is InChI=1S/C21H26FN5O4/c1-4-31-24-16-7-8-26(11-17(16)25(2)3)20-15(22)9-13-18(28)14(21(29)30)10-27(12-5-6-12)19(13)23-20/h9-10,12,17H,4-8,11H2,1-3H3,(H,29,30)/b24-16+. The number of nitrogens with zero attached hydrogens (tertiary/aromatic N) is 5. The van der Waals surface area contributed by atoms with Crippen LogP contribution in [0.4, 0.5) is 10.2 Å². The number of hydrogen-bond donors (Lipinski definition) is 1. The third-order valence-corrected chi connectivity index (χ3v) is 5.76. The van der Waals surface area contributed by atoms with E-state index in [1.54, 1.807) is 4.57 Å². The van der Waals surface area contributed by atoms with Crippen LogP contribution in [0.5, 0.6) is 0 Å². The fraction of sp³-hybridized carbons (Fsp3) is 0.524. The first-order valence-corrected chi connectivity index (χ1v) is 10.4. The summed E-state index contributed by atoms with van der Waals surface area (Å²) in [7, 11) is 3.86. The number of aromatic nitrogens is 2. The molecule has 2 aromatic heterocycles. The highest BCUT2D eigenvalue weighted by Crippen LogP contribution is 2.37. The zero-order chi connectivity index (χ0) is 22.3. The Hall–Kier alpha value is -3.01. The number of aromatic carboxylic acids is 1. The minimum Gasteiger partial charge on any atom is -0.477 e. The van der Waals surface area contributed by atoms with Gasteiger partial charge in [0.2, 0.25) is 5.43 Å². The minimum atomic E-state index is -1.32. The largest absolute Gasteiger partial charge is 0.477 e. The average molecular weight is 431 g/mol. The number of carbonyl (C=O) groups is 1. The molecule has 2 fully saturated rings.